The number of hydrogen-bond acceptors (Lipinski definition) is 4. The van der Waals surface area contributed by atoms with E-state index in [1.807, 2.05) is 27.7 Å². The Morgan fingerprint density at radius 3 is 2.09 bits per heavy atom. The van der Waals surface area contributed by atoms with Crippen LogP contribution in [0.2, 0.25) is 0 Å². The van der Waals surface area contributed by atoms with Gasteiger partial charge in [0.1, 0.15) is 6.04 Å². The molecule has 3 N–H and O–H groups in total. The fourth-order valence-corrected chi connectivity index (χ4v) is 2.69. The zero-order chi connectivity index (χ0) is 17.6. The smallest absolute Gasteiger partial charge is 0.407 e. The van der Waals surface area contributed by atoms with Crippen LogP contribution in [0.3, 0.4) is 0 Å². The van der Waals surface area contributed by atoms with Crippen LogP contribution < -0.4 is 16.0 Å². The molecule has 0 aliphatic heterocycles. The van der Waals surface area contributed by atoms with E-state index in [-0.39, 0.29) is 30.2 Å². The molecule has 0 bridgehead atoms. The minimum atomic E-state index is -0.687. The summed E-state index contributed by atoms with van der Waals surface area (Å²) in [5.74, 6) is -0.430. The predicted octanol–water partition coefficient (Wildman–Crippen LogP) is 1.32. The molecule has 1 atom stereocenters. The highest BCUT2D eigenvalue weighted by Crippen LogP contribution is 2.35. The van der Waals surface area contributed by atoms with Crippen molar-refractivity contribution in [1.82, 2.24) is 16.0 Å². The molecular weight excluding hydrogens is 298 g/mol. The average Bonchev–Trinajstić information content (AvgIpc) is 2.40. The van der Waals surface area contributed by atoms with Crippen LogP contribution in [0.1, 0.15) is 53.4 Å². The van der Waals surface area contributed by atoms with Gasteiger partial charge in [0.15, 0.2) is 0 Å². The normalized spacial score (nSPS) is 17.2. The van der Waals surface area contributed by atoms with E-state index >= 15 is 0 Å². The molecular formula is C16H29N3O4. The lowest BCUT2D eigenvalue weighted by atomic mass is 9.73. The SMILES string of the molecule is COC(=O)N[C@H](C(=O)NC1(CC(=O)NC(C)C)CCC1)C(C)C. The number of nitrogens with one attached hydrogen (secondary N) is 3. The molecule has 1 aliphatic rings. The lowest BCUT2D eigenvalue weighted by molar-refractivity contribution is -0.129. The third kappa shape index (κ3) is 5.73. The molecule has 0 spiro atoms. The fourth-order valence-electron chi connectivity index (χ4n) is 2.69. The second-order valence-electron chi connectivity index (χ2n) is 6.88. The van der Waals surface area contributed by atoms with Gasteiger partial charge >= 0.3 is 6.09 Å². The van der Waals surface area contributed by atoms with Crippen LogP contribution in [0.4, 0.5) is 4.79 Å². The molecule has 3 amide bonds. The highest BCUT2D eigenvalue weighted by molar-refractivity contribution is 5.87. The summed E-state index contributed by atoms with van der Waals surface area (Å²) >= 11 is 0. The Hall–Kier alpha value is -1.79. The van der Waals surface area contributed by atoms with E-state index in [1.165, 1.54) is 7.11 Å². The van der Waals surface area contributed by atoms with Crippen LogP contribution in [0.15, 0.2) is 0 Å². The van der Waals surface area contributed by atoms with Crippen molar-refractivity contribution in [2.24, 2.45) is 5.92 Å². The van der Waals surface area contributed by atoms with Crippen LogP contribution in [-0.2, 0) is 14.3 Å². The Morgan fingerprint density at radius 2 is 1.70 bits per heavy atom. The highest BCUT2D eigenvalue weighted by atomic mass is 16.5. The van der Waals surface area contributed by atoms with Crippen molar-refractivity contribution in [1.29, 1.82) is 0 Å². The predicted molar refractivity (Wildman–Crippen MR) is 86.8 cm³/mol. The standard InChI is InChI=1S/C16H29N3O4/c1-10(2)13(18-15(22)23-5)14(21)19-16(7-6-8-16)9-12(20)17-11(3)4/h10-11,13H,6-9H2,1-5H3,(H,17,20)(H,18,22)(H,19,21)/t13-/m0/s1. The number of carbonyl (C=O) groups is 3. The molecule has 132 valence electrons. The Morgan fingerprint density at radius 1 is 1.09 bits per heavy atom. The Kier molecular flexibility index (Phi) is 6.84. The maximum atomic E-state index is 12.5. The van der Waals surface area contributed by atoms with Gasteiger partial charge < -0.3 is 20.7 Å². The zero-order valence-electron chi connectivity index (χ0n) is 14.7. The van der Waals surface area contributed by atoms with Gasteiger partial charge in [-0.1, -0.05) is 13.8 Å². The van der Waals surface area contributed by atoms with Gasteiger partial charge in [-0.25, -0.2) is 4.79 Å². The van der Waals surface area contributed by atoms with Gasteiger partial charge in [-0.3, -0.25) is 9.59 Å². The summed E-state index contributed by atoms with van der Waals surface area (Å²) in [6, 6.07) is -0.618. The molecule has 1 aliphatic carbocycles. The van der Waals surface area contributed by atoms with Crippen molar-refractivity contribution in [3.63, 3.8) is 0 Å². The van der Waals surface area contributed by atoms with Gasteiger partial charge in [0.25, 0.3) is 0 Å². The lowest BCUT2D eigenvalue weighted by Crippen LogP contribution is -2.61. The van der Waals surface area contributed by atoms with Gasteiger partial charge in [0.2, 0.25) is 11.8 Å². The van der Waals surface area contributed by atoms with Gasteiger partial charge in [-0.15, -0.1) is 0 Å². The first-order chi connectivity index (χ1) is 10.7. The van der Waals surface area contributed by atoms with E-state index in [0.29, 0.717) is 0 Å². The van der Waals surface area contributed by atoms with Gasteiger partial charge in [0, 0.05) is 18.0 Å². The molecule has 1 saturated carbocycles. The summed E-state index contributed by atoms with van der Waals surface area (Å²) in [6.45, 7) is 7.50. The van der Waals surface area contributed by atoms with Gasteiger partial charge in [-0.2, -0.15) is 0 Å². The molecule has 0 aromatic heterocycles. The van der Waals surface area contributed by atoms with Gasteiger partial charge in [-0.05, 0) is 39.0 Å². The minimum Gasteiger partial charge on any atom is -0.453 e. The number of hydrogen-bond donors (Lipinski definition) is 3. The maximum Gasteiger partial charge on any atom is 0.407 e. The summed E-state index contributed by atoms with van der Waals surface area (Å²) < 4.78 is 4.57. The zero-order valence-corrected chi connectivity index (χ0v) is 14.7. The number of methoxy groups -OCH3 is 1. The fraction of sp³-hybridized carbons (Fsp3) is 0.812. The summed E-state index contributed by atoms with van der Waals surface area (Å²) in [5, 5.41) is 8.38. The first-order valence-electron chi connectivity index (χ1n) is 8.15. The Bertz CT molecular complexity index is 445. The van der Waals surface area contributed by atoms with E-state index < -0.39 is 17.7 Å². The molecule has 0 aromatic carbocycles. The molecule has 7 heteroatoms. The third-order valence-corrected chi connectivity index (χ3v) is 4.06. The topological polar surface area (TPSA) is 96.5 Å². The van der Waals surface area contributed by atoms with Crippen LogP contribution in [-0.4, -0.2) is 42.6 Å². The summed E-state index contributed by atoms with van der Waals surface area (Å²) in [7, 11) is 1.26. The van der Waals surface area contributed by atoms with Gasteiger partial charge in [0.05, 0.1) is 7.11 Å². The first-order valence-corrected chi connectivity index (χ1v) is 8.15. The minimum absolute atomic E-state index is 0.0676. The quantitative estimate of drug-likeness (QED) is 0.657. The van der Waals surface area contributed by atoms with Crippen molar-refractivity contribution in [3.05, 3.63) is 0 Å². The van der Waals surface area contributed by atoms with Crippen molar-refractivity contribution < 1.29 is 19.1 Å². The van der Waals surface area contributed by atoms with Crippen molar-refractivity contribution in [2.45, 2.75) is 71.0 Å². The maximum absolute atomic E-state index is 12.5. The Labute approximate surface area is 137 Å². The van der Waals surface area contributed by atoms with E-state index in [0.717, 1.165) is 19.3 Å². The molecule has 0 heterocycles. The monoisotopic (exact) mass is 327 g/mol. The van der Waals surface area contributed by atoms with Crippen LogP contribution >= 0.6 is 0 Å². The molecule has 1 rings (SSSR count). The number of carbonyl (C=O) groups excluding carboxylic acids is 3. The van der Waals surface area contributed by atoms with E-state index in [9.17, 15) is 14.4 Å². The van der Waals surface area contributed by atoms with Crippen LogP contribution in [0, 0.1) is 5.92 Å². The summed E-state index contributed by atoms with van der Waals surface area (Å²) in [4.78, 5) is 36.0. The number of rotatable bonds is 7. The molecule has 0 unspecified atom stereocenters. The van der Waals surface area contributed by atoms with Crippen LogP contribution in [0.25, 0.3) is 0 Å². The van der Waals surface area contributed by atoms with Crippen molar-refractivity contribution in [3.8, 4) is 0 Å². The third-order valence-electron chi connectivity index (χ3n) is 4.06. The number of alkyl carbamates (subject to hydrolysis) is 1. The summed E-state index contributed by atoms with van der Waals surface area (Å²) in [6.07, 6.45) is 2.14. The highest BCUT2D eigenvalue weighted by Gasteiger charge is 2.42. The van der Waals surface area contributed by atoms with E-state index in [1.54, 1.807) is 0 Å². The second-order valence-corrected chi connectivity index (χ2v) is 6.88. The average molecular weight is 327 g/mol. The Balaban J connectivity index is 2.70. The van der Waals surface area contributed by atoms with Crippen LogP contribution in [0.5, 0.6) is 0 Å². The second kappa shape index (κ2) is 8.17. The first kappa shape index (κ1) is 19.3. The molecule has 1 fully saturated rings. The van der Waals surface area contributed by atoms with Crippen molar-refractivity contribution in [2.75, 3.05) is 7.11 Å². The van der Waals surface area contributed by atoms with E-state index in [4.69, 9.17) is 0 Å². The molecule has 0 saturated heterocycles. The number of amides is 3. The number of ether oxygens (including phenoxy) is 1. The molecule has 0 aromatic rings. The van der Waals surface area contributed by atoms with E-state index in [2.05, 4.69) is 20.7 Å². The summed E-state index contributed by atoms with van der Waals surface area (Å²) in [5.41, 5.74) is -0.499. The largest absolute Gasteiger partial charge is 0.453 e. The lowest BCUT2D eigenvalue weighted by Gasteiger charge is -2.43. The van der Waals surface area contributed by atoms with Crippen molar-refractivity contribution >= 4 is 17.9 Å². The molecule has 0 radical (unpaired) electrons. The molecule has 23 heavy (non-hydrogen) atoms. The molecule has 7 nitrogen and oxygen atoms in total.